The van der Waals surface area contributed by atoms with Crippen molar-refractivity contribution in [3.8, 4) is 5.75 Å². The highest BCUT2D eigenvalue weighted by molar-refractivity contribution is 6.70. The smallest absolute Gasteiger partial charge is 0.242 e. The van der Waals surface area contributed by atoms with Crippen LogP contribution in [0.3, 0.4) is 0 Å². The Labute approximate surface area is 162 Å². The lowest BCUT2D eigenvalue weighted by atomic mass is 9.83. The Hall–Kier alpha value is -2.03. The Balaban J connectivity index is 2.15. The van der Waals surface area contributed by atoms with Crippen LogP contribution in [0, 0.1) is 0 Å². The third-order valence-corrected chi connectivity index (χ3v) is 5.98. The molecule has 142 valence electrons. The molecule has 0 bridgehead atoms. The van der Waals surface area contributed by atoms with Gasteiger partial charge in [0.15, 0.2) is 19.9 Å². The van der Waals surface area contributed by atoms with E-state index in [-0.39, 0.29) is 11.6 Å². The van der Waals surface area contributed by atoms with Crippen molar-refractivity contribution in [2.75, 3.05) is 0 Å². The van der Waals surface area contributed by atoms with Gasteiger partial charge >= 0.3 is 0 Å². The lowest BCUT2D eigenvalue weighted by Gasteiger charge is -2.26. The van der Waals surface area contributed by atoms with Gasteiger partial charge in [0.1, 0.15) is 5.75 Å². The van der Waals surface area contributed by atoms with Crippen LogP contribution >= 0.6 is 0 Å². The zero-order valence-corrected chi connectivity index (χ0v) is 18.8. The Morgan fingerprint density at radius 3 is 1.93 bits per heavy atom. The zero-order valence-electron chi connectivity index (χ0n) is 16.8. The minimum Gasteiger partial charge on any atom is -0.544 e. The van der Waals surface area contributed by atoms with E-state index in [9.17, 15) is 9.59 Å². The number of fused-ring (bicyclic) bond motifs is 2. The van der Waals surface area contributed by atoms with Gasteiger partial charge in [-0.3, -0.25) is 9.59 Å². The van der Waals surface area contributed by atoms with Gasteiger partial charge in [-0.1, -0.05) is 24.3 Å². The van der Waals surface area contributed by atoms with Crippen LogP contribution in [0.15, 0.2) is 36.4 Å². The Morgan fingerprint density at radius 2 is 1.37 bits per heavy atom. The SMILES string of the molecule is C[Si](C)(C)OCc1cc(O[Si](C)(C)C)c2c(c1)C(=O)c1ccccc1C2=O. The highest BCUT2D eigenvalue weighted by Crippen LogP contribution is 2.36. The predicted octanol–water partition coefficient (Wildman–Crippen LogP) is 5.03. The van der Waals surface area contributed by atoms with Crippen molar-refractivity contribution in [1.82, 2.24) is 0 Å². The lowest BCUT2D eigenvalue weighted by molar-refractivity contribution is 0.0977. The first kappa shape index (κ1) is 19.7. The van der Waals surface area contributed by atoms with Gasteiger partial charge < -0.3 is 8.85 Å². The van der Waals surface area contributed by atoms with E-state index in [1.807, 2.05) is 6.07 Å². The molecule has 2 aromatic rings. The molecular formula is C21H26O4Si2. The topological polar surface area (TPSA) is 52.6 Å². The van der Waals surface area contributed by atoms with E-state index in [4.69, 9.17) is 8.85 Å². The maximum Gasteiger partial charge on any atom is 0.242 e. The summed E-state index contributed by atoms with van der Waals surface area (Å²) in [6.45, 7) is 13.0. The summed E-state index contributed by atoms with van der Waals surface area (Å²) in [4.78, 5) is 26.2. The third kappa shape index (κ3) is 4.29. The first-order chi connectivity index (χ1) is 12.5. The molecule has 0 saturated heterocycles. The van der Waals surface area contributed by atoms with Crippen LogP contribution in [0.4, 0.5) is 0 Å². The number of ketones is 2. The van der Waals surface area contributed by atoms with Crippen molar-refractivity contribution in [3.63, 3.8) is 0 Å². The molecule has 0 atom stereocenters. The molecule has 27 heavy (non-hydrogen) atoms. The summed E-state index contributed by atoms with van der Waals surface area (Å²) in [6.07, 6.45) is 0. The quantitative estimate of drug-likeness (QED) is 0.566. The summed E-state index contributed by atoms with van der Waals surface area (Å²) < 4.78 is 12.2. The van der Waals surface area contributed by atoms with Crippen molar-refractivity contribution >= 4 is 28.2 Å². The van der Waals surface area contributed by atoms with Crippen LogP contribution in [-0.4, -0.2) is 28.2 Å². The van der Waals surface area contributed by atoms with Gasteiger partial charge in [-0.15, -0.1) is 0 Å². The molecule has 1 aliphatic rings. The average Bonchev–Trinajstić information content (AvgIpc) is 2.55. The van der Waals surface area contributed by atoms with Gasteiger partial charge in [0.25, 0.3) is 0 Å². The first-order valence-corrected chi connectivity index (χ1v) is 16.0. The van der Waals surface area contributed by atoms with Crippen LogP contribution in [0.25, 0.3) is 0 Å². The number of hydrogen-bond acceptors (Lipinski definition) is 4. The molecule has 1 aliphatic carbocycles. The van der Waals surface area contributed by atoms with Gasteiger partial charge in [-0.05, 0) is 57.0 Å². The van der Waals surface area contributed by atoms with E-state index >= 15 is 0 Å². The van der Waals surface area contributed by atoms with Crippen molar-refractivity contribution in [2.45, 2.75) is 45.9 Å². The highest BCUT2D eigenvalue weighted by Gasteiger charge is 2.34. The standard InChI is InChI=1S/C21H26O4Si2/c1-26(2,3)24-13-14-11-17-19(18(12-14)25-27(4,5)6)21(23)16-10-8-7-9-15(16)20(17)22/h7-12H,13H2,1-6H3. The van der Waals surface area contributed by atoms with Crippen LogP contribution in [0.5, 0.6) is 5.75 Å². The minimum absolute atomic E-state index is 0.129. The van der Waals surface area contributed by atoms with Gasteiger partial charge in [0.2, 0.25) is 8.32 Å². The fraction of sp³-hybridized carbons (Fsp3) is 0.333. The van der Waals surface area contributed by atoms with E-state index in [0.29, 0.717) is 34.6 Å². The molecule has 0 aliphatic heterocycles. The summed E-state index contributed by atoms with van der Waals surface area (Å²) in [6, 6.07) is 10.7. The fourth-order valence-corrected chi connectivity index (χ4v) is 4.46. The van der Waals surface area contributed by atoms with Crippen LogP contribution in [0.1, 0.15) is 37.4 Å². The predicted molar refractivity (Wildman–Crippen MR) is 112 cm³/mol. The third-order valence-electron chi connectivity index (χ3n) is 4.14. The van der Waals surface area contributed by atoms with Crippen LogP contribution < -0.4 is 4.43 Å². The molecule has 0 amide bonds. The normalized spacial score (nSPS) is 14.0. The monoisotopic (exact) mass is 398 g/mol. The number of hydrogen-bond donors (Lipinski definition) is 0. The Kier molecular flexibility index (Phi) is 5.01. The number of carbonyl (C=O) groups excluding carboxylic acids is 2. The molecule has 0 fully saturated rings. The fourth-order valence-electron chi connectivity index (χ4n) is 3.04. The van der Waals surface area contributed by atoms with E-state index in [1.54, 1.807) is 30.3 Å². The van der Waals surface area contributed by atoms with Gasteiger partial charge in [0, 0.05) is 16.7 Å². The number of benzene rings is 2. The van der Waals surface area contributed by atoms with E-state index < -0.39 is 16.6 Å². The van der Waals surface area contributed by atoms with Gasteiger partial charge in [0.05, 0.1) is 12.2 Å². The van der Waals surface area contributed by atoms with E-state index in [0.717, 1.165) is 5.56 Å². The second-order valence-electron chi connectivity index (χ2n) is 8.84. The van der Waals surface area contributed by atoms with Gasteiger partial charge in [-0.2, -0.15) is 0 Å². The summed E-state index contributed by atoms with van der Waals surface area (Å²) in [5, 5.41) is 0. The Morgan fingerprint density at radius 1 is 0.778 bits per heavy atom. The lowest BCUT2D eigenvalue weighted by Crippen LogP contribution is -2.32. The van der Waals surface area contributed by atoms with Crippen LogP contribution in [0.2, 0.25) is 39.3 Å². The van der Waals surface area contributed by atoms with E-state index in [1.165, 1.54) is 0 Å². The van der Waals surface area contributed by atoms with Gasteiger partial charge in [-0.25, -0.2) is 0 Å². The Bertz CT molecular complexity index is 921. The van der Waals surface area contributed by atoms with Crippen LogP contribution in [-0.2, 0) is 11.0 Å². The molecule has 0 saturated carbocycles. The zero-order chi connectivity index (χ0) is 20.0. The highest BCUT2D eigenvalue weighted by atomic mass is 28.4. The second-order valence-corrected chi connectivity index (χ2v) is 17.8. The first-order valence-electron chi connectivity index (χ1n) is 9.14. The summed E-state index contributed by atoms with van der Waals surface area (Å²) in [5.41, 5.74) is 2.57. The van der Waals surface area contributed by atoms with Crippen molar-refractivity contribution < 1.29 is 18.4 Å². The molecular weight excluding hydrogens is 372 g/mol. The molecule has 3 rings (SSSR count). The average molecular weight is 399 g/mol. The molecule has 0 N–H and O–H groups in total. The largest absolute Gasteiger partial charge is 0.544 e. The summed E-state index contributed by atoms with van der Waals surface area (Å²) in [5.74, 6) is 0.232. The molecule has 0 unspecified atom stereocenters. The molecule has 4 nitrogen and oxygen atoms in total. The molecule has 0 radical (unpaired) electrons. The van der Waals surface area contributed by atoms with Crippen molar-refractivity contribution in [2.24, 2.45) is 0 Å². The number of rotatable bonds is 5. The second kappa shape index (κ2) is 6.85. The number of carbonyl (C=O) groups is 2. The maximum absolute atomic E-state index is 13.1. The molecule has 0 spiro atoms. The maximum atomic E-state index is 13.1. The summed E-state index contributed by atoms with van der Waals surface area (Å²) in [7, 11) is -3.69. The molecule has 6 heteroatoms. The summed E-state index contributed by atoms with van der Waals surface area (Å²) >= 11 is 0. The minimum atomic E-state index is -1.98. The molecule has 2 aromatic carbocycles. The van der Waals surface area contributed by atoms with Crippen molar-refractivity contribution in [1.29, 1.82) is 0 Å². The van der Waals surface area contributed by atoms with E-state index in [2.05, 4.69) is 39.3 Å². The van der Waals surface area contributed by atoms with Crippen molar-refractivity contribution in [3.05, 3.63) is 64.2 Å². The molecule has 0 heterocycles. The molecule has 0 aromatic heterocycles.